The van der Waals surface area contributed by atoms with Crippen molar-refractivity contribution in [2.45, 2.75) is 51.0 Å². The summed E-state index contributed by atoms with van der Waals surface area (Å²) in [7, 11) is 0. The fraction of sp³-hybridized carbons (Fsp3) is 0.533. The lowest BCUT2D eigenvalue weighted by molar-refractivity contribution is -0.139. The van der Waals surface area contributed by atoms with Crippen LogP contribution in [0.4, 0.5) is 0 Å². The van der Waals surface area contributed by atoms with E-state index in [1.54, 1.807) is 6.08 Å². The van der Waals surface area contributed by atoms with Crippen LogP contribution in [0.1, 0.15) is 53.9 Å². The number of carbonyl (C=O) groups is 2. The Bertz CT molecular complexity index is 536. The zero-order chi connectivity index (χ0) is 15.2. The molecule has 1 aliphatic carbocycles. The van der Waals surface area contributed by atoms with E-state index in [4.69, 9.17) is 9.63 Å². The fourth-order valence-corrected chi connectivity index (χ4v) is 2.51. The summed E-state index contributed by atoms with van der Waals surface area (Å²) in [4.78, 5) is 23.4. The number of aliphatic carboxylic acids is 1. The molecule has 1 aromatic heterocycles. The first-order chi connectivity index (χ1) is 10.1. The fourth-order valence-electron chi connectivity index (χ4n) is 2.51. The van der Waals surface area contributed by atoms with Gasteiger partial charge in [0.2, 0.25) is 0 Å². The van der Waals surface area contributed by atoms with Gasteiger partial charge >= 0.3 is 5.97 Å². The highest BCUT2D eigenvalue weighted by molar-refractivity contribution is 5.96. The summed E-state index contributed by atoms with van der Waals surface area (Å²) >= 11 is 0. The quantitative estimate of drug-likeness (QED) is 0.618. The minimum Gasteiger partial charge on any atom is -0.480 e. The average molecular weight is 292 g/mol. The number of nitrogens with zero attached hydrogens (tertiary/aromatic N) is 1. The van der Waals surface area contributed by atoms with Crippen molar-refractivity contribution in [2.24, 2.45) is 0 Å². The van der Waals surface area contributed by atoms with Crippen molar-refractivity contribution in [2.75, 3.05) is 0 Å². The summed E-state index contributed by atoms with van der Waals surface area (Å²) in [5, 5.41) is 15.5. The molecule has 2 N–H and O–H groups in total. The number of amides is 1. The zero-order valence-corrected chi connectivity index (χ0v) is 11.9. The number of hydrogen-bond acceptors (Lipinski definition) is 4. The van der Waals surface area contributed by atoms with Crippen molar-refractivity contribution in [3.8, 4) is 0 Å². The Morgan fingerprint density at radius 3 is 2.86 bits per heavy atom. The molecule has 0 bridgehead atoms. The standard InChI is InChI=1S/C15H20N2O4/c1-2-3-8-11(15(19)20)16-14(18)13-10-7-5-4-6-9-12(10)21-17-13/h2,11H,1,3-9H2,(H,16,18)(H,19,20). The molecule has 21 heavy (non-hydrogen) atoms. The normalized spacial score (nSPS) is 15.6. The largest absolute Gasteiger partial charge is 0.480 e. The summed E-state index contributed by atoms with van der Waals surface area (Å²) in [5.41, 5.74) is 1.06. The van der Waals surface area contributed by atoms with E-state index in [9.17, 15) is 9.59 Å². The van der Waals surface area contributed by atoms with E-state index in [1.165, 1.54) is 0 Å². The molecule has 1 heterocycles. The number of carbonyl (C=O) groups excluding carboxylic acids is 1. The highest BCUT2D eigenvalue weighted by atomic mass is 16.5. The molecule has 0 aliphatic heterocycles. The summed E-state index contributed by atoms with van der Waals surface area (Å²) in [6, 6.07) is -0.936. The van der Waals surface area contributed by atoms with Gasteiger partial charge in [0, 0.05) is 12.0 Å². The number of fused-ring (bicyclic) bond motifs is 1. The molecule has 1 unspecified atom stereocenters. The van der Waals surface area contributed by atoms with Crippen molar-refractivity contribution in [1.29, 1.82) is 0 Å². The maximum absolute atomic E-state index is 12.2. The lowest BCUT2D eigenvalue weighted by Crippen LogP contribution is -2.41. The SMILES string of the molecule is C=CCCC(NC(=O)c1noc2c1CCCCC2)C(=O)O. The van der Waals surface area contributed by atoms with Crippen LogP contribution in [0.5, 0.6) is 0 Å². The first-order valence-electron chi connectivity index (χ1n) is 7.25. The van der Waals surface area contributed by atoms with Gasteiger partial charge in [0.05, 0.1) is 0 Å². The van der Waals surface area contributed by atoms with E-state index in [1.807, 2.05) is 0 Å². The van der Waals surface area contributed by atoms with Crippen LogP contribution in [0.3, 0.4) is 0 Å². The van der Waals surface area contributed by atoms with Gasteiger partial charge in [-0.1, -0.05) is 17.7 Å². The Morgan fingerprint density at radius 1 is 1.38 bits per heavy atom. The number of carboxylic acid groups (broad SMARTS) is 1. The molecule has 0 aromatic carbocycles. The number of nitrogens with one attached hydrogen (secondary N) is 1. The van der Waals surface area contributed by atoms with Gasteiger partial charge in [-0.15, -0.1) is 6.58 Å². The van der Waals surface area contributed by atoms with Gasteiger partial charge in [0.1, 0.15) is 11.8 Å². The van der Waals surface area contributed by atoms with E-state index in [-0.39, 0.29) is 5.69 Å². The number of aromatic nitrogens is 1. The molecule has 1 amide bonds. The van der Waals surface area contributed by atoms with E-state index in [0.29, 0.717) is 12.8 Å². The number of carboxylic acids is 1. The second-order valence-electron chi connectivity index (χ2n) is 5.22. The molecule has 0 fully saturated rings. The first kappa shape index (κ1) is 15.3. The van der Waals surface area contributed by atoms with Gasteiger partial charge < -0.3 is 14.9 Å². The zero-order valence-electron chi connectivity index (χ0n) is 11.9. The summed E-state index contributed by atoms with van der Waals surface area (Å²) in [6.45, 7) is 3.56. The van der Waals surface area contributed by atoms with Crippen LogP contribution in [-0.4, -0.2) is 28.2 Å². The van der Waals surface area contributed by atoms with Crippen LogP contribution in [0, 0.1) is 0 Å². The maximum atomic E-state index is 12.2. The average Bonchev–Trinajstić information content (AvgIpc) is 2.72. The van der Waals surface area contributed by atoms with Crippen LogP contribution in [0.2, 0.25) is 0 Å². The minimum atomic E-state index is -1.06. The minimum absolute atomic E-state index is 0.233. The van der Waals surface area contributed by atoms with Gasteiger partial charge in [0.25, 0.3) is 5.91 Å². The highest BCUT2D eigenvalue weighted by Gasteiger charge is 2.26. The summed E-state index contributed by atoms with van der Waals surface area (Å²) in [6.07, 6.45) is 7.12. The van der Waals surface area contributed by atoms with Crippen LogP contribution in [0.15, 0.2) is 17.2 Å². The van der Waals surface area contributed by atoms with E-state index in [2.05, 4.69) is 17.1 Å². The van der Waals surface area contributed by atoms with Crippen molar-refractivity contribution in [3.05, 3.63) is 29.7 Å². The summed E-state index contributed by atoms with van der Waals surface area (Å²) in [5.74, 6) is -0.770. The molecular formula is C15H20N2O4. The van der Waals surface area contributed by atoms with Crippen molar-refractivity contribution in [3.63, 3.8) is 0 Å². The third-order valence-corrected chi connectivity index (χ3v) is 3.68. The molecule has 6 nitrogen and oxygen atoms in total. The van der Waals surface area contributed by atoms with Gasteiger partial charge in [0.15, 0.2) is 5.69 Å². The Morgan fingerprint density at radius 2 is 2.14 bits per heavy atom. The van der Waals surface area contributed by atoms with Gasteiger partial charge in [-0.25, -0.2) is 4.79 Å². The van der Waals surface area contributed by atoms with Crippen LogP contribution in [0.25, 0.3) is 0 Å². The lowest BCUT2D eigenvalue weighted by atomic mass is 10.1. The molecule has 0 radical (unpaired) electrons. The van der Waals surface area contributed by atoms with Crippen molar-refractivity contribution >= 4 is 11.9 Å². The Hall–Kier alpha value is -2.11. The monoisotopic (exact) mass is 292 g/mol. The van der Waals surface area contributed by atoms with E-state index >= 15 is 0 Å². The third-order valence-electron chi connectivity index (χ3n) is 3.68. The number of hydrogen-bond donors (Lipinski definition) is 2. The predicted molar refractivity (Wildman–Crippen MR) is 76.1 cm³/mol. The molecule has 0 spiro atoms. The molecule has 0 saturated heterocycles. The van der Waals surface area contributed by atoms with Crippen LogP contribution >= 0.6 is 0 Å². The van der Waals surface area contributed by atoms with Gasteiger partial charge in [-0.05, 0) is 32.1 Å². The maximum Gasteiger partial charge on any atom is 0.326 e. The summed E-state index contributed by atoms with van der Waals surface area (Å²) < 4.78 is 5.24. The van der Waals surface area contributed by atoms with E-state index < -0.39 is 17.9 Å². The second kappa shape index (κ2) is 7.06. The van der Waals surface area contributed by atoms with Gasteiger partial charge in [-0.2, -0.15) is 0 Å². The van der Waals surface area contributed by atoms with Crippen molar-refractivity contribution < 1.29 is 19.2 Å². The predicted octanol–water partition coefficient (Wildman–Crippen LogP) is 2.09. The third kappa shape index (κ3) is 3.71. The molecule has 114 valence electrons. The number of aryl methyl sites for hydroxylation is 1. The Labute approximate surface area is 123 Å². The molecule has 1 aromatic rings. The van der Waals surface area contributed by atoms with Crippen LogP contribution < -0.4 is 5.32 Å². The van der Waals surface area contributed by atoms with Crippen molar-refractivity contribution in [1.82, 2.24) is 10.5 Å². The Kier molecular flexibility index (Phi) is 5.14. The smallest absolute Gasteiger partial charge is 0.326 e. The number of rotatable bonds is 6. The molecule has 1 aliphatic rings. The lowest BCUT2D eigenvalue weighted by Gasteiger charge is -2.12. The molecule has 2 rings (SSSR count). The highest BCUT2D eigenvalue weighted by Crippen LogP contribution is 2.23. The van der Waals surface area contributed by atoms with Crippen LogP contribution in [-0.2, 0) is 17.6 Å². The molecular weight excluding hydrogens is 272 g/mol. The molecule has 0 saturated carbocycles. The number of allylic oxidation sites excluding steroid dienone is 1. The molecule has 1 atom stereocenters. The van der Waals surface area contributed by atoms with E-state index in [0.717, 1.165) is 43.4 Å². The Balaban J connectivity index is 2.10. The molecule has 6 heteroatoms. The second-order valence-corrected chi connectivity index (χ2v) is 5.22. The topological polar surface area (TPSA) is 92.4 Å². The van der Waals surface area contributed by atoms with Gasteiger partial charge in [-0.3, -0.25) is 4.79 Å². The first-order valence-corrected chi connectivity index (χ1v) is 7.25.